The number of benzene rings is 1. The van der Waals surface area contributed by atoms with Crippen molar-refractivity contribution < 1.29 is 14.6 Å². The maximum Gasteiger partial charge on any atom is 0.219 e. The molecule has 0 spiro atoms. The number of pyridine rings is 1. The second-order valence-corrected chi connectivity index (χ2v) is 6.15. The van der Waals surface area contributed by atoms with Gasteiger partial charge in [-0.1, -0.05) is 29.8 Å². The first-order valence-electron chi connectivity index (χ1n) is 7.92. The number of nitrogens with one attached hydrogen (secondary N) is 1. The van der Waals surface area contributed by atoms with Crippen LogP contribution in [0.2, 0.25) is 5.02 Å². The summed E-state index contributed by atoms with van der Waals surface area (Å²) >= 11 is 6.17. The van der Waals surface area contributed by atoms with Crippen molar-refractivity contribution in [3.63, 3.8) is 0 Å². The third kappa shape index (κ3) is 5.89. The number of ether oxygens (including phenoxy) is 1. The van der Waals surface area contributed by atoms with Gasteiger partial charge in [0.25, 0.3) is 0 Å². The lowest BCUT2D eigenvalue weighted by Gasteiger charge is -2.10. The van der Waals surface area contributed by atoms with Crippen molar-refractivity contribution in [1.82, 2.24) is 10.3 Å². The Morgan fingerprint density at radius 1 is 1.32 bits per heavy atom. The number of hydrogen-bond donors (Lipinski definition) is 2. The number of aliphatic hydroxyl groups excluding tert-OH is 1. The van der Waals surface area contributed by atoms with Gasteiger partial charge in [0.15, 0.2) is 0 Å². The van der Waals surface area contributed by atoms with Crippen molar-refractivity contribution >= 4 is 23.6 Å². The highest BCUT2D eigenvalue weighted by Gasteiger charge is 2.08. The summed E-state index contributed by atoms with van der Waals surface area (Å²) in [7, 11) is 0. The second kappa shape index (κ2) is 8.65. The van der Waals surface area contributed by atoms with Crippen LogP contribution in [0, 0.1) is 0 Å². The quantitative estimate of drug-likeness (QED) is 0.812. The molecule has 1 aromatic carbocycles. The minimum absolute atomic E-state index is 0.0559. The lowest BCUT2D eigenvalue weighted by Crippen LogP contribution is -2.28. The van der Waals surface area contributed by atoms with Crippen LogP contribution in [-0.2, 0) is 4.79 Å². The zero-order chi connectivity index (χ0) is 18.4. The Morgan fingerprint density at radius 2 is 2.08 bits per heavy atom. The van der Waals surface area contributed by atoms with E-state index in [-0.39, 0.29) is 11.9 Å². The highest BCUT2D eigenvalue weighted by molar-refractivity contribution is 6.32. The molecule has 2 rings (SSSR count). The number of carbonyl (C=O) groups is 1. The van der Waals surface area contributed by atoms with Crippen molar-refractivity contribution in [2.75, 3.05) is 0 Å². The SMILES string of the molecule is CC(=O)N[C@@H](C)/C=C/c1ccc(Oc2ccc(C(C)O)cc2Cl)nc1. The van der Waals surface area contributed by atoms with Gasteiger partial charge in [0.1, 0.15) is 5.75 Å². The van der Waals surface area contributed by atoms with Gasteiger partial charge >= 0.3 is 0 Å². The summed E-state index contributed by atoms with van der Waals surface area (Å²) in [6.07, 6.45) is 4.84. The zero-order valence-electron chi connectivity index (χ0n) is 14.4. The largest absolute Gasteiger partial charge is 0.437 e. The molecule has 0 bridgehead atoms. The minimum Gasteiger partial charge on any atom is -0.437 e. The van der Waals surface area contributed by atoms with Crippen LogP contribution in [0.4, 0.5) is 0 Å². The van der Waals surface area contributed by atoms with Crippen LogP contribution in [0.5, 0.6) is 11.6 Å². The first kappa shape index (κ1) is 19.0. The molecule has 2 aromatic rings. The van der Waals surface area contributed by atoms with E-state index in [0.717, 1.165) is 11.1 Å². The van der Waals surface area contributed by atoms with Crippen molar-refractivity contribution in [2.45, 2.75) is 32.9 Å². The molecule has 25 heavy (non-hydrogen) atoms. The van der Waals surface area contributed by atoms with Gasteiger partial charge in [-0.05, 0) is 43.2 Å². The number of nitrogens with zero attached hydrogens (tertiary/aromatic N) is 1. The normalized spacial score (nSPS) is 13.5. The molecule has 0 saturated heterocycles. The molecule has 2 N–H and O–H groups in total. The number of carbonyl (C=O) groups excluding carboxylic acids is 1. The average Bonchev–Trinajstić information content (AvgIpc) is 2.55. The maximum atomic E-state index is 11.0. The molecule has 1 unspecified atom stereocenters. The topological polar surface area (TPSA) is 71.5 Å². The Labute approximate surface area is 152 Å². The van der Waals surface area contributed by atoms with E-state index in [2.05, 4.69) is 10.3 Å². The van der Waals surface area contributed by atoms with Gasteiger partial charge in [-0.2, -0.15) is 0 Å². The molecular formula is C19H21ClN2O3. The monoisotopic (exact) mass is 360 g/mol. The lowest BCUT2D eigenvalue weighted by molar-refractivity contribution is -0.119. The molecule has 0 aliphatic rings. The summed E-state index contributed by atoms with van der Waals surface area (Å²) in [4.78, 5) is 15.2. The fourth-order valence-electron chi connectivity index (χ4n) is 2.15. The highest BCUT2D eigenvalue weighted by Crippen LogP contribution is 2.31. The van der Waals surface area contributed by atoms with Crippen LogP contribution in [0.25, 0.3) is 6.08 Å². The van der Waals surface area contributed by atoms with Gasteiger partial charge in [0.2, 0.25) is 11.8 Å². The summed E-state index contributed by atoms with van der Waals surface area (Å²) in [5, 5.41) is 12.7. The van der Waals surface area contributed by atoms with E-state index >= 15 is 0 Å². The van der Waals surface area contributed by atoms with Crippen LogP contribution < -0.4 is 10.1 Å². The zero-order valence-corrected chi connectivity index (χ0v) is 15.1. The van der Waals surface area contributed by atoms with E-state index < -0.39 is 6.10 Å². The number of halogens is 1. The smallest absolute Gasteiger partial charge is 0.219 e. The third-order valence-corrected chi connectivity index (χ3v) is 3.72. The highest BCUT2D eigenvalue weighted by atomic mass is 35.5. The molecule has 1 heterocycles. The van der Waals surface area contributed by atoms with Crippen molar-refractivity contribution in [3.8, 4) is 11.6 Å². The fourth-order valence-corrected chi connectivity index (χ4v) is 2.37. The first-order valence-corrected chi connectivity index (χ1v) is 8.29. The first-order chi connectivity index (χ1) is 11.8. The van der Waals surface area contributed by atoms with E-state index in [0.29, 0.717) is 16.7 Å². The molecule has 1 amide bonds. The molecule has 0 aliphatic carbocycles. The van der Waals surface area contributed by atoms with E-state index in [1.165, 1.54) is 6.92 Å². The Balaban J connectivity index is 2.03. The van der Waals surface area contributed by atoms with Gasteiger partial charge in [0.05, 0.1) is 11.1 Å². The summed E-state index contributed by atoms with van der Waals surface area (Å²) in [5.41, 5.74) is 1.61. The van der Waals surface area contributed by atoms with Crippen molar-refractivity contribution in [1.29, 1.82) is 0 Å². The van der Waals surface area contributed by atoms with Crippen LogP contribution in [0.1, 0.15) is 38.0 Å². The maximum absolute atomic E-state index is 11.0. The van der Waals surface area contributed by atoms with Gasteiger partial charge in [-0.25, -0.2) is 4.98 Å². The average molecular weight is 361 g/mol. The Kier molecular flexibility index (Phi) is 6.56. The number of aromatic nitrogens is 1. The lowest BCUT2D eigenvalue weighted by atomic mass is 10.1. The van der Waals surface area contributed by atoms with E-state index in [1.807, 2.05) is 25.1 Å². The van der Waals surface area contributed by atoms with Gasteiger partial charge in [-0.15, -0.1) is 0 Å². The minimum atomic E-state index is -0.587. The number of amides is 1. The summed E-state index contributed by atoms with van der Waals surface area (Å²) < 4.78 is 5.67. The van der Waals surface area contributed by atoms with Gasteiger partial charge in [-0.3, -0.25) is 4.79 Å². The predicted molar refractivity (Wildman–Crippen MR) is 98.7 cm³/mol. The number of aliphatic hydroxyl groups is 1. The second-order valence-electron chi connectivity index (χ2n) is 5.75. The summed E-state index contributed by atoms with van der Waals surface area (Å²) in [5.74, 6) is 0.817. The standard InChI is InChI=1S/C19H21ClN2O3/c1-12(22-14(3)24)4-5-15-6-9-19(21-11-15)25-18-8-7-16(13(2)23)10-17(18)20/h4-13,23H,1-3H3,(H,22,24)/b5-4+/t12-,13?/m0/s1. The summed E-state index contributed by atoms with van der Waals surface area (Å²) in [6, 6.07) is 8.67. The van der Waals surface area contributed by atoms with E-state index in [9.17, 15) is 9.90 Å². The predicted octanol–water partition coefficient (Wildman–Crippen LogP) is 4.12. The Bertz CT molecular complexity index is 758. The molecule has 5 nitrogen and oxygen atoms in total. The number of rotatable bonds is 6. The Hall–Kier alpha value is -2.37. The molecule has 0 radical (unpaired) electrons. The molecule has 132 valence electrons. The van der Waals surface area contributed by atoms with Crippen LogP contribution in [0.15, 0.2) is 42.6 Å². The van der Waals surface area contributed by atoms with Crippen LogP contribution in [0.3, 0.4) is 0 Å². The van der Waals surface area contributed by atoms with Crippen LogP contribution >= 0.6 is 11.6 Å². The van der Waals surface area contributed by atoms with Crippen molar-refractivity contribution in [2.24, 2.45) is 0 Å². The Morgan fingerprint density at radius 3 is 2.64 bits per heavy atom. The molecule has 0 saturated carbocycles. The van der Waals surface area contributed by atoms with E-state index in [1.54, 1.807) is 37.4 Å². The molecule has 1 aromatic heterocycles. The van der Waals surface area contributed by atoms with Gasteiger partial charge in [0, 0.05) is 25.2 Å². The van der Waals surface area contributed by atoms with Crippen molar-refractivity contribution in [3.05, 3.63) is 58.8 Å². The van der Waals surface area contributed by atoms with Gasteiger partial charge < -0.3 is 15.2 Å². The fraction of sp³-hybridized carbons (Fsp3) is 0.263. The third-order valence-electron chi connectivity index (χ3n) is 3.42. The molecule has 6 heteroatoms. The van der Waals surface area contributed by atoms with E-state index in [4.69, 9.17) is 16.3 Å². The van der Waals surface area contributed by atoms with Crippen LogP contribution in [-0.4, -0.2) is 22.0 Å². The summed E-state index contributed by atoms with van der Waals surface area (Å²) in [6.45, 7) is 5.05. The number of hydrogen-bond acceptors (Lipinski definition) is 4. The molecule has 2 atom stereocenters. The molecule has 0 fully saturated rings. The molecular weight excluding hydrogens is 340 g/mol. The molecule has 0 aliphatic heterocycles.